The SMILES string of the molecule is NCC(CN1CCOCC1)c1cccnc1. The largest absolute Gasteiger partial charge is 0.379 e. The Hall–Kier alpha value is -0.970. The molecule has 1 unspecified atom stereocenters. The van der Waals surface area contributed by atoms with Crippen molar-refractivity contribution in [3.63, 3.8) is 0 Å². The monoisotopic (exact) mass is 221 g/mol. The number of hydrogen-bond donors (Lipinski definition) is 1. The normalized spacial score (nSPS) is 19.6. The number of hydrogen-bond acceptors (Lipinski definition) is 4. The van der Waals surface area contributed by atoms with Crippen molar-refractivity contribution in [2.24, 2.45) is 5.73 Å². The Labute approximate surface area is 96.4 Å². The second-order valence-electron chi connectivity index (χ2n) is 4.13. The van der Waals surface area contributed by atoms with Crippen LogP contribution in [0.5, 0.6) is 0 Å². The number of aromatic nitrogens is 1. The quantitative estimate of drug-likeness (QED) is 0.802. The summed E-state index contributed by atoms with van der Waals surface area (Å²) in [5.41, 5.74) is 7.07. The van der Waals surface area contributed by atoms with Crippen molar-refractivity contribution in [1.29, 1.82) is 0 Å². The molecule has 0 saturated carbocycles. The minimum atomic E-state index is 0.381. The van der Waals surface area contributed by atoms with Crippen LogP contribution in [-0.2, 0) is 4.74 Å². The first-order valence-electron chi connectivity index (χ1n) is 5.80. The molecule has 0 aromatic carbocycles. The van der Waals surface area contributed by atoms with Gasteiger partial charge in [-0.3, -0.25) is 9.88 Å². The Bertz CT molecular complexity index is 298. The molecule has 1 saturated heterocycles. The lowest BCUT2D eigenvalue weighted by atomic mass is 10.0. The molecular formula is C12H19N3O. The lowest BCUT2D eigenvalue weighted by Crippen LogP contribution is -2.40. The molecule has 1 aliphatic heterocycles. The van der Waals surface area contributed by atoms with E-state index >= 15 is 0 Å². The van der Waals surface area contributed by atoms with Gasteiger partial charge in [-0.15, -0.1) is 0 Å². The molecule has 4 heteroatoms. The van der Waals surface area contributed by atoms with Crippen molar-refractivity contribution in [3.8, 4) is 0 Å². The van der Waals surface area contributed by atoms with Gasteiger partial charge in [0, 0.05) is 44.5 Å². The average Bonchev–Trinajstić information content (AvgIpc) is 2.38. The van der Waals surface area contributed by atoms with Gasteiger partial charge in [-0.1, -0.05) is 6.07 Å². The average molecular weight is 221 g/mol. The Morgan fingerprint density at radius 3 is 2.88 bits per heavy atom. The third-order valence-electron chi connectivity index (χ3n) is 3.02. The van der Waals surface area contributed by atoms with Crippen molar-refractivity contribution in [2.75, 3.05) is 39.4 Å². The highest BCUT2D eigenvalue weighted by molar-refractivity contribution is 5.15. The summed E-state index contributed by atoms with van der Waals surface area (Å²) in [4.78, 5) is 6.56. The second-order valence-corrected chi connectivity index (χ2v) is 4.13. The van der Waals surface area contributed by atoms with Crippen LogP contribution in [0.2, 0.25) is 0 Å². The summed E-state index contributed by atoms with van der Waals surface area (Å²) in [7, 11) is 0. The molecule has 2 heterocycles. The van der Waals surface area contributed by atoms with Crippen molar-refractivity contribution in [1.82, 2.24) is 9.88 Å². The Kier molecular flexibility index (Phi) is 4.27. The van der Waals surface area contributed by atoms with E-state index in [0.29, 0.717) is 12.5 Å². The number of morpholine rings is 1. The number of rotatable bonds is 4. The number of nitrogens with zero attached hydrogens (tertiary/aromatic N) is 2. The van der Waals surface area contributed by atoms with Crippen molar-refractivity contribution in [2.45, 2.75) is 5.92 Å². The summed E-state index contributed by atoms with van der Waals surface area (Å²) in [5.74, 6) is 0.381. The van der Waals surface area contributed by atoms with Crippen LogP contribution < -0.4 is 5.73 Å². The van der Waals surface area contributed by atoms with Gasteiger partial charge in [0.25, 0.3) is 0 Å². The zero-order valence-corrected chi connectivity index (χ0v) is 9.51. The fourth-order valence-electron chi connectivity index (χ4n) is 2.03. The first-order valence-corrected chi connectivity index (χ1v) is 5.80. The predicted molar refractivity (Wildman–Crippen MR) is 63.3 cm³/mol. The molecule has 0 spiro atoms. The maximum absolute atomic E-state index is 5.84. The Balaban J connectivity index is 1.94. The molecule has 2 N–H and O–H groups in total. The van der Waals surface area contributed by atoms with Crippen molar-refractivity contribution < 1.29 is 4.74 Å². The fourth-order valence-corrected chi connectivity index (χ4v) is 2.03. The molecule has 16 heavy (non-hydrogen) atoms. The summed E-state index contributed by atoms with van der Waals surface area (Å²) in [5, 5.41) is 0. The first kappa shape index (κ1) is 11.5. The van der Waals surface area contributed by atoms with Gasteiger partial charge in [0.05, 0.1) is 13.2 Å². The van der Waals surface area contributed by atoms with Crippen LogP contribution in [0.3, 0.4) is 0 Å². The fraction of sp³-hybridized carbons (Fsp3) is 0.583. The van der Waals surface area contributed by atoms with Crippen molar-refractivity contribution >= 4 is 0 Å². The van der Waals surface area contributed by atoms with Crippen LogP contribution in [0.15, 0.2) is 24.5 Å². The molecule has 0 radical (unpaired) electrons. The van der Waals surface area contributed by atoms with Gasteiger partial charge in [-0.05, 0) is 11.6 Å². The van der Waals surface area contributed by atoms with E-state index in [0.717, 1.165) is 32.8 Å². The molecule has 1 aromatic heterocycles. The molecule has 0 bridgehead atoms. The van der Waals surface area contributed by atoms with E-state index in [2.05, 4.69) is 16.0 Å². The van der Waals surface area contributed by atoms with Crippen LogP contribution in [-0.4, -0.2) is 49.3 Å². The molecule has 88 valence electrons. The van der Waals surface area contributed by atoms with E-state index in [1.54, 1.807) is 6.20 Å². The molecule has 1 aliphatic rings. The summed E-state index contributed by atoms with van der Waals surface area (Å²) >= 11 is 0. The van der Waals surface area contributed by atoms with Crippen LogP contribution in [0.1, 0.15) is 11.5 Å². The predicted octanol–water partition coefficient (Wildman–Crippen LogP) is 0.456. The van der Waals surface area contributed by atoms with Crippen LogP contribution in [0.25, 0.3) is 0 Å². The summed E-state index contributed by atoms with van der Waals surface area (Å²) in [6, 6.07) is 4.07. The van der Waals surface area contributed by atoms with Gasteiger partial charge < -0.3 is 10.5 Å². The zero-order chi connectivity index (χ0) is 11.2. The lowest BCUT2D eigenvalue weighted by Gasteiger charge is -2.30. The van der Waals surface area contributed by atoms with E-state index in [9.17, 15) is 0 Å². The molecule has 4 nitrogen and oxygen atoms in total. The van der Waals surface area contributed by atoms with E-state index in [1.807, 2.05) is 12.3 Å². The van der Waals surface area contributed by atoms with E-state index in [4.69, 9.17) is 10.5 Å². The molecule has 2 rings (SSSR count). The Morgan fingerprint density at radius 1 is 1.44 bits per heavy atom. The zero-order valence-electron chi connectivity index (χ0n) is 9.51. The highest BCUT2D eigenvalue weighted by Gasteiger charge is 2.17. The third kappa shape index (κ3) is 3.01. The van der Waals surface area contributed by atoms with Gasteiger partial charge in [0.15, 0.2) is 0 Å². The number of pyridine rings is 1. The molecule has 0 aliphatic carbocycles. The lowest BCUT2D eigenvalue weighted by molar-refractivity contribution is 0.0353. The second kappa shape index (κ2) is 5.94. The molecular weight excluding hydrogens is 202 g/mol. The van der Waals surface area contributed by atoms with Gasteiger partial charge in [-0.25, -0.2) is 0 Å². The minimum absolute atomic E-state index is 0.381. The highest BCUT2D eigenvalue weighted by Crippen LogP contribution is 2.15. The maximum Gasteiger partial charge on any atom is 0.0594 e. The van der Waals surface area contributed by atoms with Gasteiger partial charge >= 0.3 is 0 Å². The van der Waals surface area contributed by atoms with Gasteiger partial charge in [0.2, 0.25) is 0 Å². The molecule has 0 amide bonds. The Morgan fingerprint density at radius 2 is 2.25 bits per heavy atom. The van der Waals surface area contributed by atoms with E-state index < -0.39 is 0 Å². The topological polar surface area (TPSA) is 51.4 Å². The minimum Gasteiger partial charge on any atom is -0.379 e. The van der Waals surface area contributed by atoms with E-state index in [-0.39, 0.29) is 0 Å². The van der Waals surface area contributed by atoms with Gasteiger partial charge in [-0.2, -0.15) is 0 Å². The maximum atomic E-state index is 5.84. The first-order chi connectivity index (χ1) is 7.90. The van der Waals surface area contributed by atoms with Gasteiger partial charge in [0.1, 0.15) is 0 Å². The summed E-state index contributed by atoms with van der Waals surface area (Å²) in [6.07, 6.45) is 3.71. The summed E-state index contributed by atoms with van der Waals surface area (Å²) < 4.78 is 5.34. The summed E-state index contributed by atoms with van der Waals surface area (Å²) in [6.45, 7) is 5.37. The molecule has 1 fully saturated rings. The highest BCUT2D eigenvalue weighted by atomic mass is 16.5. The molecule has 1 aromatic rings. The van der Waals surface area contributed by atoms with Crippen LogP contribution in [0, 0.1) is 0 Å². The smallest absolute Gasteiger partial charge is 0.0594 e. The standard InChI is InChI=1S/C12H19N3O/c13-8-12(11-2-1-3-14-9-11)10-15-4-6-16-7-5-15/h1-3,9,12H,4-8,10,13H2. The van der Waals surface area contributed by atoms with E-state index in [1.165, 1.54) is 5.56 Å². The van der Waals surface area contributed by atoms with Crippen molar-refractivity contribution in [3.05, 3.63) is 30.1 Å². The van der Waals surface area contributed by atoms with Crippen LogP contribution in [0.4, 0.5) is 0 Å². The third-order valence-corrected chi connectivity index (χ3v) is 3.02. The van der Waals surface area contributed by atoms with Crippen LogP contribution >= 0.6 is 0 Å². The molecule has 1 atom stereocenters. The number of nitrogens with two attached hydrogens (primary N) is 1. The number of ether oxygens (including phenoxy) is 1.